The number of ketones is 1. The van der Waals surface area contributed by atoms with Crippen LogP contribution >= 0.6 is 11.8 Å². The summed E-state index contributed by atoms with van der Waals surface area (Å²) >= 11 is 1.37. The highest BCUT2D eigenvalue weighted by atomic mass is 32.2. The number of aryl methyl sites for hydroxylation is 1. The first-order chi connectivity index (χ1) is 15.0. The van der Waals surface area contributed by atoms with E-state index in [1.807, 2.05) is 0 Å². The van der Waals surface area contributed by atoms with Crippen LogP contribution in [0, 0.1) is 13.8 Å². The zero-order valence-corrected chi connectivity index (χ0v) is 19.1. The molecular weight excluding hydrogens is 418 g/mol. The van der Waals surface area contributed by atoms with Gasteiger partial charge in [-0.2, -0.15) is 0 Å². The first-order valence-electron chi connectivity index (χ1n) is 10.7. The minimum atomic E-state index is -0.440. The van der Waals surface area contributed by atoms with E-state index >= 15 is 0 Å². The third-order valence-corrected chi connectivity index (χ3v) is 6.90. The normalized spacial score (nSPS) is 18.7. The SMILES string of the molecule is COC(=O)c1c(C)[nH]c(C(=O)CSc2nnc(N3CCCC3)n2CC2CCCO2)c1C. The standard InChI is InChI=1S/C21H29N5O4S/c1-13-17(19(28)29-3)14(2)22-18(13)16(27)12-31-21-24-23-20(25-8-4-5-9-25)26(21)11-15-7-6-10-30-15/h15,22H,4-12H2,1-3H3. The summed E-state index contributed by atoms with van der Waals surface area (Å²) in [6.45, 7) is 6.97. The molecule has 1 N–H and O–H groups in total. The smallest absolute Gasteiger partial charge is 0.339 e. The molecular formula is C21H29N5O4S. The van der Waals surface area contributed by atoms with Crippen molar-refractivity contribution in [3.8, 4) is 0 Å². The van der Waals surface area contributed by atoms with Gasteiger partial charge in [0.05, 0.1) is 36.8 Å². The van der Waals surface area contributed by atoms with E-state index in [0.29, 0.717) is 29.1 Å². The number of hydrogen-bond donors (Lipinski definition) is 1. The van der Waals surface area contributed by atoms with Gasteiger partial charge in [-0.15, -0.1) is 10.2 Å². The number of carbonyl (C=O) groups is 2. The molecule has 2 saturated heterocycles. The number of anilines is 1. The molecule has 2 fully saturated rings. The summed E-state index contributed by atoms with van der Waals surface area (Å²) in [5, 5.41) is 9.56. The van der Waals surface area contributed by atoms with E-state index in [-0.39, 0.29) is 17.6 Å². The number of ether oxygens (including phenoxy) is 2. The zero-order chi connectivity index (χ0) is 22.0. The predicted octanol–water partition coefficient (Wildman–Crippen LogP) is 2.76. The molecule has 0 amide bonds. The van der Waals surface area contributed by atoms with Crippen molar-refractivity contribution in [1.82, 2.24) is 19.7 Å². The maximum atomic E-state index is 12.9. The van der Waals surface area contributed by atoms with Crippen LogP contribution in [-0.2, 0) is 16.0 Å². The summed E-state index contributed by atoms with van der Waals surface area (Å²) < 4.78 is 12.8. The number of aromatic amines is 1. The van der Waals surface area contributed by atoms with Crippen molar-refractivity contribution in [2.75, 3.05) is 37.5 Å². The lowest BCUT2D eigenvalue weighted by atomic mass is 10.1. The van der Waals surface area contributed by atoms with Crippen LogP contribution in [0.25, 0.3) is 0 Å². The molecule has 0 bridgehead atoms. The molecule has 4 heterocycles. The first kappa shape index (κ1) is 21.9. The van der Waals surface area contributed by atoms with Crippen LogP contribution in [0.3, 0.4) is 0 Å². The quantitative estimate of drug-likeness (QED) is 0.374. The number of hydrogen-bond acceptors (Lipinski definition) is 8. The Bertz CT molecular complexity index is 957. The Kier molecular flexibility index (Phi) is 6.66. The fraction of sp³-hybridized carbons (Fsp3) is 0.619. The van der Waals surface area contributed by atoms with Gasteiger partial charge in [0.1, 0.15) is 0 Å². The molecule has 9 nitrogen and oxygen atoms in total. The molecule has 0 aliphatic carbocycles. The van der Waals surface area contributed by atoms with E-state index in [1.54, 1.807) is 13.8 Å². The number of H-pyrrole nitrogens is 1. The van der Waals surface area contributed by atoms with E-state index in [0.717, 1.165) is 56.5 Å². The molecule has 0 saturated carbocycles. The number of carbonyl (C=O) groups excluding carboxylic acids is 2. The van der Waals surface area contributed by atoms with E-state index < -0.39 is 5.97 Å². The van der Waals surface area contributed by atoms with Crippen molar-refractivity contribution >= 4 is 29.5 Å². The van der Waals surface area contributed by atoms with Gasteiger partial charge in [-0.1, -0.05) is 11.8 Å². The van der Waals surface area contributed by atoms with E-state index in [1.165, 1.54) is 18.9 Å². The van der Waals surface area contributed by atoms with Crippen molar-refractivity contribution < 1.29 is 19.1 Å². The topological polar surface area (TPSA) is 102 Å². The van der Waals surface area contributed by atoms with Gasteiger partial charge in [-0.05, 0) is 45.1 Å². The summed E-state index contributed by atoms with van der Waals surface area (Å²) in [5.74, 6) is 0.535. The van der Waals surface area contributed by atoms with Gasteiger partial charge in [0, 0.05) is 25.4 Å². The fourth-order valence-corrected chi connectivity index (χ4v) is 5.15. The molecule has 4 rings (SSSR count). The Morgan fingerprint density at radius 1 is 1.23 bits per heavy atom. The van der Waals surface area contributed by atoms with Crippen molar-refractivity contribution in [2.24, 2.45) is 0 Å². The van der Waals surface area contributed by atoms with Crippen LogP contribution in [0.15, 0.2) is 5.16 Å². The van der Waals surface area contributed by atoms with Gasteiger partial charge in [-0.25, -0.2) is 4.79 Å². The van der Waals surface area contributed by atoms with Crippen molar-refractivity contribution in [3.05, 3.63) is 22.5 Å². The molecule has 168 valence electrons. The Balaban J connectivity index is 1.51. The third-order valence-electron chi connectivity index (χ3n) is 5.93. The Hall–Kier alpha value is -2.33. The second kappa shape index (κ2) is 9.44. The Morgan fingerprint density at radius 2 is 2.00 bits per heavy atom. The molecule has 1 unspecified atom stereocenters. The highest BCUT2D eigenvalue weighted by Gasteiger charge is 2.27. The number of thioether (sulfide) groups is 1. The van der Waals surface area contributed by atoms with Gasteiger partial charge >= 0.3 is 5.97 Å². The summed E-state index contributed by atoms with van der Waals surface area (Å²) in [5.41, 5.74) is 2.12. The highest BCUT2D eigenvalue weighted by Crippen LogP contribution is 2.28. The molecule has 2 aliphatic heterocycles. The maximum absolute atomic E-state index is 12.9. The van der Waals surface area contributed by atoms with Crippen molar-refractivity contribution in [1.29, 1.82) is 0 Å². The summed E-state index contributed by atoms with van der Waals surface area (Å²) in [7, 11) is 1.34. The van der Waals surface area contributed by atoms with Crippen LogP contribution in [0.1, 0.15) is 57.8 Å². The predicted molar refractivity (Wildman–Crippen MR) is 117 cm³/mol. The second-order valence-electron chi connectivity index (χ2n) is 8.05. The maximum Gasteiger partial charge on any atom is 0.339 e. The van der Waals surface area contributed by atoms with Crippen LogP contribution in [-0.4, -0.2) is 70.2 Å². The molecule has 2 aromatic heterocycles. The summed E-state index contributed by atoms with van der Waals surface area (Å²) in [6, 6.07) is 0. The van der Waals surface area contributed by atoms with E-state index in [2.05, 4.69) is 24.6 Å². The molecule has 10 heteroatoms. The van der Waals surface area contributed by atoms with Gasteiger partial charge < -0.3 is 19.4 Å². The largest absolute Gasteiger partial charge is 0.465 e. The third kappa shape index (κ3) is 4.50. The molecule has 31 heavy (non-hydrogen) atoms. The van der Waals surface area contributed by atoms with Crippen molar-refractivity contribution in [3.63, 3.8) is 0 Å². The lowest BCUT2D eigenvalue weighted by molar-refractivity contribution is 0.0599. The Labute approximate surface area is 185 Å². The number of nitrogens with zero attached hydrogens (tertiary/aromatic N) is 4. The minimum Gasteiger partial charge on any atom is -0.465 e. The van der Waals surface area contributed by atoms with Crippen LogP contribution in [0.4, 0.5) is 5.95 Å². The lowest BCUT2D eigenvalue weighted by Gasteiger charge is -2.20. The van der Waals surface area contributed by atoms with E-state index in [9.17, 15) is 9.59 Å². The average molecular weight is 448 g/mol. The highest BCUT2D eigenvalue weighted by molar-refractivity contribution is 7.99. The first-order valence-corrected chi connectivity index (χ1v) is 11.7. The molecule has 0 aromatic carbocycles. The van der Waals surface area contributed by atoms with Gasteiger partial charge in [0.15, 0.2) is 10.9 Å². The number of nitrogens with one attached hydrogen (secondary N) is 1. The molecule has 2 aromatic rings. The molecule has 0 spiro atoms. The van der Waals surface area contributed by atoms with Crippen molar-refractivity contribution in [2.45, 2.75) is 57.3 Å². The number of rotatable bonds is 8. The number of methoxy groups -OCH3 is 1. The number of aromatic nitrogens is 4. The van der Waals surface area contributed by atoms with Gasteiger partial charge in [0.2, 0.25) is 5.95 Å². The monoisotopic (exact) mass is 447 g/mol. The van der Waals surface area contributed by atoms with E-state index in [4.69, 9.17) is 9.47 Å². The number of esters is 1. The summed E-state index contributed by atoms with van der Waals surface area (Å²) in [6.07, 6.45) is 4.56. The van der Waals surface area contributed by atoms with Gasteiger partial charge in [0.25, 0.3) is 0 Å². The minimum absolute atomic E-state index is 0.0878. The average Bonchev–Trinajstić information content (AvgIpc) is 3.54. The number of Topliss-reactive ketones (excluding diaryl/α,β-unsaturated/α-hetero) is 1. The molecule has 1 atom stereocenters. The summed E-state index contributed by atoms with van der Waals surface area (Å²) in [4.78, 5) is 30.3. The molecule has 0 radical (unpaired) electrons. The van der Waals surface area contributed by atoms with Crippen LogP contribution in [0.2, 0.25) is 0 Å². The Morgan fingerprint density at radius 3 is 2.68 bits per heavy atom. The fourth-order valence-electron chi connectivity index (χ4n) is 4.33. The van der Waals surface area contributed by atoms with Crippen LogP contribution in [0.5, 0.6) is 0 Å². The van der Waals surface area contributed by atoms with Crippen LogP contribution < -0.4 is 4.90 Å². The second-order valence-corrected chi connectivity index (χ2v) is 8.99. The zero-order valence-electron chi connectivity index (χ0n) is 18.3. The molecule has 2 aliphatic rings. The van der Waals surface area contributed by atoms with Gasteiger partial charge in [-0.3, -0.25) is 9.36 Å². The lowest BCUT2D eigenvalue weighted by Crippen LogP contribution is -2.25.